The predicted molar refractivity (Wildman–Crippen MR) is 59.5 cm³/mol. The van der Waals surface area contributed by atoms with Crippen molar-refractivity contribution in [2.75, 3.05) is 0 Å². The predicted octanol–water partition coefficient (Wildman–Crippen LogP) is 1.59. The van der Waals surface area contributed by atoms with Crippen molar-refractivity contribution in [1.29, 1.82) is 0 Å². The molecule has 1 fully saturated rings. The van der Waals surface area contributed by atoms with E-state index in [0.29, 0.717) is 11.6 Å². The quantitative estimate of drug-likeness (QED) is 0.799. The fraction of sp³-hybridized carbons (Fsp3) is 0.818. The summed E-state index contributed by atoms with van der Waals surface area (Å²) >= 11 is 0. The summed E-state index contributed by atoms with van der Waals surface area (Å²) in [5, 5.41) is 7.79. The summed E-state index contributed by atoms with van der Waals surface area (Å²) < 4.78 is 1.89. The zero-order chi connectivity index (χ0) is 10.7. The summed E-state index contributed by atoms with van der Waals surface area (Å²) in [6, 6.07) is 0.555. The average molecular weight is 208 g/mol. The van der Waals surface area contributed by atoms with Gasteiger partial charge < -0.3 is 5.32 Å². The monoisotopic (exact) mass is 208 g/mol. The maximum Gasteiger partial charge on any atom is 0.137 e. The number of aryl methyl sites for hydroxylation is 1. The molecule has 1 aromatic rings. The van der Waals surface area contributed by atoms with Gasteiger partial charge in [-0.2, -0.15) is 5.10 Å². The molecule has 1 aromatic heterocycles. The Hall–Kier alpha value is -0.900. The van der Waals surface area contributed by atoms with E-state index in [1.807, 2.05) is 4.68 Å². The summed E-state index contributed by atoms with van der Waals surface area (Å²) in [5.41, 5.74) is 0.405. The van der Waals surface area contributed by atoms with Crippen LogP contribution >= 0.6 is 0 Å². The van der Waals surface area contributed by atoms with Gasteiger partial charge in [-0.05, 0) is 39.5 Å². The minimum absolute atomic E-state index is 0.405. The van der Waals surface area contributed by atoms with Crippen LogP contribution in [-0.4, -0.2) is 26.3 Å². The Balaban J connectivity index is 1.70. The van der Waals surface area contributed by atoms with E-state index in [9.17, 15) is 0 Å². The van der Waals surface area contributed by atoms with E-state index < -0.39 is 0 Å². The van der Waals surface area contributed by atoms with Crippen LogP contribution in [-0.2, 0) is 6.54 Å². The number of hydrogen-bond acceptors (Lipinski definition) is 3. The SMILES string of the molecule is CC(CCn1cncn1)NC1(C)CCC1. The Labute approximate surface area is 91.1 Å². The van der Waals surface area contributed by atoms with E-state index in [-0.39, 0.29) is 0 Å². The molecule has 1 aliphatic carbocycles. The molecular formula is C11H20N4. The summed E-state index contributed by atoms with van der Waals surface area (Å²) in [7, 11) is 0. The van der Waals surface area contributed by atoms with E-state index in [1.165, 1.54) is 19.3 Å². The van der Waals surface area contributed by atoms with Gasteiger partial charge >= 0.3 is 0 Å². The molecule has 2 rings (SSSR count). The fourth-order valence-corrected chi connectivity index (χ4v) is 2.19. The topological polar surface area (TPSA) is 42.7 Å². The van der Waals surface area contributed by atoms with Gasteiger partial charge in [0.1, 0.15) is 12.7 Å². The van der Waals surface area contributed by atoms with Crippen LogP contribution in [0.4, 0.5) is 0 Å². The van der Waals surface area contributed by atoms with Crippen molar-refractivity contribution in [3.05, 3.63) is 12.7 Å². The van der Waals surface area contributed by atoms with Gasteiger partial charge in [-0.1, -0.05) is 0 Å². The lowest BCUT2D eigenvalue weighted by molar-refractivity contribution is 0.184. The van der Waals surface area contributed by atoms with Gasteiger partial charge in [0.15, 0.2) is 0 Å². The normalized spacial score (nSPS) is 20.9. The van der Waals surface area contributed by atoms with Gasteiger partial charge in [0.2, 0.25) is 0 Å². The van der Waals surface area contributed by atoms with Crippen LogP contribution in [0.15, 0.2) is 12.7 Å². The third-order valence-electron chi connectivity index (χ3n) is 3.31. The number of nitrogens with zero attached hydrogens (tertiary/aromatic N) is 3. The minimum atomic E-state index is 0.405. The first-order valence-electron chi connectivity index (χ1n) is 5.78. The lowest BCUT2D eigenvalue weighted by Crippen LogP contribution is -2.52. The van der Waals surface area contributed by atoms with Crippen LogP contribution in [0.1, 0.15) is 39.5 Å². The van der Waals surface area contributed by atoms with Crippen molar-refractivity contribution in [3.8, 4) is 0 Å². The Morgan fingerprint density at radius 3 is 2.87 bits per heavy atom. The lowest BCUT2D eigenvalue weighted by Gasteiger charge is -2.41. The molecule has 1 heterocycles. The number of rotatable bonds is 5. The second kappa shape index (κ2) is 4.31. The van der Waals surface area contributed by atoms with Crippen molar-refractivity contribution >= 4 is 0 Å². The molecule has 1 saturated carbocycles. The minimum Gasteiger partial charge on any atom is -0.309 e. The molecule has 1 aliphatic rings. The zero-order valence-corrected chi connectivity index (χ0v) is 9.61. The third kappa shape index (κ3) is 2.78. The van der Waals surface area contributed by atoms with Gasteiger partial charge in [0.25, 0.3) is 0 Å². The maximum atomic E-state index is 4.10. The molecule has 4 nitrogen and oxygen atoms in total. The van der Waals surface area contributed by atoms with Gasteiger partial charge in [0.05, 0.1) is 0 Å². The zero-order valence-electron chi connectivity index (χ0n) is 9.61. The molecule has 0 aromatic carbocycles. The molecule has 0 aliphatic heterocycles. The smallest absolute Gasteiger partial charge is 0.137 e. The molecule has 1 unspecified atom stereocenters. The van der Waals surface area contributed by atoms with E-state index in [4.69, 9.17) is 0 Å². The number of hydrogen-bond donors (Lipinski definition) is 1. The fourth-order valence-electron chi connectivity index (χ4n) is 2.19. The molecule has 1 N–H and O–H groups in total. The van der Waals surface area contributed by atoms with Crippen LogP contribution in [0.5, 0.6) is 0 Å². The third-order valence-corrected chi connectivity index (χ3v) is 3.31. The average Bonchev–Trinajstić information content (AvgIpc) is 2.64. The number of aromatic nitrogens is 3. The second-order valence-corrected chi connectivity index (χ2v) is 4.91. The summed E-state index contributed by atoms with van der Waals surface area (Å²) in [6.45, 7) is 5.52. The molecule has 4 heteroatoms. The number of nitrogens with one attached hydrogen (secondary N) is 1. The van der Waals surface area contributed by atoms with Crippen LogP contribution in [0.3, 0.4) is 0 Å². The van der Waals surface area contributed by atoms with Crippen molar-refractivity contribution in [2.24, 2.45) is 0 Å². The first-order valence-corrected chi connectivity index (χ1v) is 5.78. The van der Waals surface area contributed by atoms with Crippen LogP contribution in [0.2, 0.25) is 0 Å². The largest absolute Gasteiger partial charge is 0.309 e. The summed E-state index contributed by atoms with van der Waals surface area (Å²) in [4.78, 5) is 3.93. The van der Waals surface area contributed by atoms with Crippen LogP contribution < -0.4 is 5.32 Å². The standard InChI is InChI=1S/C11H20N4/c1-10(14-11(2)5-3-6-11)4-7-15-9-12-8-13-15/h8-10,14H,3-7H2,1-2H3. The van der Waals surface area contributed by atoms with Crippen LogP contribution in [0.25, 0.3) is 0 Å². The molecule has 15 heavy (non-hydrogen) atoms. The highest BCUT2D eigenvalue weighted by molar-refractivity contribution is 4.92. The Morgan fingerprint density at radius 1 is 1.53 bits per heavy atom. The van der Waals surface area contributed by atoms with Crippen molar-refractivity contribution in [3.63, 3.8) is 0 Å². The molecule has 0 radical (unpaired) electrons. The summed E-state index contributed by atoms with van der Waals surface area (Å²) in [6.07, 6.45) is 8.49. The summed E-state index contributed by atoms with van der Waals surface area (Å²) in [5.74, 6) is 0. The van der Waals surface area contributed by atoms with Gasteiger partial charge in [-0.25, -0.2) is 4.98 Å². The van der Waals surface area contributed by atoms with Gasteiger partial charge in [-0.15, -0.1) is 0 Å². The second-order valence-electron chi connectivity index (χ2n) is 4.91. The van der Waals surface area contributed by atoms with Crippen molar-refractivity contribution in [2.45, 2.75) is 57.7 Å². The van der Waals surface area contributed by atoms with Gasteiger partial charge in [-0.3, -0.25) is 4.68 Å². The first-order chi connectivity index (χ1) is 7.18. The van der Waals surface area contributed by atoms with E-state index >= 15 is 0 Å². The molecule has 0 spiro atoms. The Bertz CT molecular complexity index is 290. The van der Waals surface area contributed by atoms with E-state index in [0.717, 1.165) is 13.0 Å². The van der Waals surface area contributed by atoms with Crippen molar-refractivity contribution in [1.82, 2.24) is 20.1 Å². The molecule has 1 atom stereocenters. The highest BCUT2D eigenvalue weighted by Crippen LogP contribution is 2.31. The van der Waals surface area contributed by atoms with E-state index in [2.05, 4.69) is 29.2 Å². The highest BCUT2D eigenvalue weighted by atomic mass is 15.3. The highest BCUT2D eigenvalue weighted by Gasteiger charge is 2.32. The van der Waals surface area contributed by atoms with Gasteiger partial charge in [0, 0.05) is 18.1 Å². The Kier molecular flexibility index (Phi) is 3.05. The lowest BCUT2D eigenvalue weighted by atomic mass is 9.78. The maximum absolute atomic E-state index is 4.10. The molecule has 0 amide bonds. The first kappa shape index (κ1) is 10.6. The van der Waals surface area contributed by atoms with Crippen LogP contribution in [0, 0.1) is 0 Å². The molecule has 0 bridgehead atoms. The van der Waals surface area contributed by atoms with Crippen molar-refractivity contribution < 1.29 is 0 Å². The molecular weight excluding hydrogens is 188 g/mol. The molecule has 84 valence electrons. The molecule has 0 saturated heterocycles. The van der Waals surface area contributed by atoms with E-state index in [1.54, 1.807) is 12.7 Å². The Morgan fingerprint density at radius 2 is 2.33 bits per heavy atom.